The fourth-order valence-electron chi connectivity index (χ4n) is 1.27. The summed E-state index contributed by atoms with van der Waals surface area (Å²) >= 11 is 4.99. The molecule has 5 heteroatoms. The number of rotatable bonds is 4. The predicted octanol–water partition coefficient (Wildman–Crippen LogP) is 2.20. The van der Waals surface area contributed by atoms with Gasteiger partial charge in [-0.1, -0.05) is 42.5 Å². The molecule has 4 nitrogen and oxygen atoms in total. The summed E-state index contributed by atoms with van der Waals surface area (Å²) in [7, 11) is 0. The third-order valence-electron chi connectivity index (χ3n) is 2.04. The lowest BCUT2D eigenvalue weighted by Crippen LogP contribution is -2.13. The fourth-order valence-corrected chi connectivity index (χ4v) is 1.44. The van der Waals surface area contributed by atoms with Crippen LogP contribution in [0.1, 0.15) is 5.56 Å². The van der Waals surface area contributed by atoms with Crippen molar-refractivity contribution in [3.8, 4) is 0 Å². The molecule has 2 aromatic rings. The van der Waals surface area contributed by atoms with E-state index in [4.69, 9.17) is 12.2 Å². The van der Waals surface area contributed by atoms with E-state index >= 15 is 0 Å². The summed E-state index contributed by atoms with van der Waals surface area (Å²) in [6.07, 6.45) is 5.69. The maximum Gasteiger partial charge on any atom is 0.214 e. The van der Waals surface area contributed by atoms with Gasteiger partial charge in [-0.15, -0.1) is 0 Å². The second kappa shape index (κ2) is 5.27. The van der Waals surface area contributed by atoms with Crippen LogP contribution in [0.3, 0.4) is 0 Å². The Balaban J connectivity index is 1.87. The maximum atomic E-state index is 4.99. The van der Waals surface area contributed by atoms with Gasteiger partial charge in [-0.2, -0.15) is 5.10 Å². The average Bonchev–Trinajstić information content (AvgIpc) is 2.72. The summed E-state index contributed by atoms with van der Waals surface area (Å²) in [5.41, 5.74) is 4.28. The Morgan fingerprint density at radius 3 is 2.88 bits per heavy atom. The summed E-state index contributed by atoms with van der Waals surface area (Å²) in [6.45, 7) is 0.697. The molecule has 1 aromatic heterocycles. The molecule has 1 heterocycles. The molecule has 0 aliphatic heterocycles. The van der Waals surface area contributed by atoms with Gasteiger partial charge in [0.05, 0.1) is 0 Å². The van der Waals surface area contributed by atoms with Crippen molar-refractivity contribution in [3.05, 3.63) is 53.1 Å². The van der Waals surface area contributed by atoms with Crippen molar-refractivity contribution in [2.24, 2.45) is 0 Å². The number of aromatic amines is 1. The van der Waals surface area contributed by atoms with Gasteiger partial charge in [0, 0.05) is 6.54 Å². The van der Waals surface area contributed by atoms with Gasteiger partial charge in [-0.25, -0.2) is 4.68 Å². The van der Waals surface area contributed by atoms with Gasteiger partial charge >= 0.3 is 0 Å². The Labute approximate surface area is 98.6 Å². The zero-order valence-electron chi connectivity index (χ0n) is 8.63. The summed E-state index contributed by atoms with van der Waals surface area (Å²) in [4.78, 5) is 0. The van der Waals surface area contributed by atoms with Crippen molar-refractivity contribution in [1.82, 2.24) is 14.9 Å². The van der Waals surface area contributed by atoms with Crippen LogP contribution in [-0.2, 0) is 0 Å². The molecule has 0 bridgehead atoms. The van der Waals surface area contributed by atoms with Gasteiger partial charge in [0.25, 0.3) is 0 Å². The van der Waals surface area contributed by atoms with Gasteiger partial charge in [0.2, 0.25) is 4.77 Å². The highest BCUT2D eigenvalue weighted by atomic mass is 32.1. The lowest BCUT2D eigenvalue weighted by atomic mass is 10.2. The van der Waals surface area contributed by atoms with Crippen LogP contribution in [0.25, 0.3) is 6.08 Å². The SMILES string of the molecule is S=c1[nH]ncn1NCC=Cc1ccccc1. The van der Waals surface area contributed by atoms with Gasteiger partial charge in [0.15, 0.2) is 0 Å². The summed E-state index contributed by atoms with van der Waals surface area (Å²) in [5, 5.41) is 6.47. The van der Waals surface area contributed by atoms with E-state index in [1.54, 1.807) is 11.0 Å². The van der Waals surface area contributed by atoms with Crippen LogP contribution in [0.4, 0.5) is 0 Å². The zero-order chi connectivity index (χ0) is 11.2. The van der Waals surface area contributed by atoms with Crippen LogP contribution in [0, 0.1) is 4.77 Å². The Kier molecular flexibility index (Phi) is 3.50. The molecule has 2 N–H and O–H groups in total. The first-order chi connectivity index (χ1) is 7.86. The van der Waals surface area contributed by atoms with Crippen molar-refractivity contribution in [1.29, 1.82) is 0 Å². The van der Waals surface area contributed by atoms with E-state index in [1.807, 2.05) is 24.3 Å². The molecule has 0 saturated carbocycles. The van der Waals surface area contributed by atoms with Crippen LogP contribution >= 0.6 is 12.2 Å². The number of aromatic nitrogens is 3. The molecular formula is C11H12N4S. The van der Waals surface area contributed by atoms with Crippen LogP contribution in [0.15, 0.2) is 42.7 Å². The lowest BCUT2D eigenvalue weighted by Gasteiger charge is -2.01. The topological polar surface area (TPSA) is 45.6 Å². The monoisotopic (exact) mass is 232 g/mol. The highest BCUT2D eigenvalue weighted by molar-refractivity contribution is 7.71. The van der Waals surface area contributed by atoms with Gasteiger partial charge in [-0.3, -0.25) is 5.10 Å². The van der Waals surface area contributed by atoms with Gasteiger partial charge in [0.1, 0.15) is 6.33 Å². The number of nitrogens with one attached hydrogen (secondary N) is 2. The number of hydrogen-bond acceptors (Lipinski definition) is 3. The van der Waals surface area contributed by atoms with Crippen LogP contribution in [0.2, 0.25) is 0 Å². The first kappa shape index (κ1) is 10.6. The molecule has 0 radical (unpaired) electrons. The summed E-state index contributed by atoms with van der Waals surface area (Å²) in [5.74, 6) is 0. The fraction of sp³-hybridized carbons (Fsp3) is 0.0909. The first-order valence-corrected chi connectivity index (χ1v) is 5.34. The predicted molar refractivity (Wildman–Crippen MR) is 67.1 cm³/mol. The molecule has 0 aliphatic carbocycles. The van der Waals surface area contributed by atoms with Crippen LogP contribution in [0.5, 0.6) is 0 Å². The number of nitrogens with zero attached hydrogens (tertiary/aromatic N) is 2. The smallest absolute Gasteiger partial charge is 0.214 e. The van der Waals surface area contributed by atoms with Crippen molar-refractivity contribution < 1.29 is 0 Å². The highest BCUT2D eigenvalue weighted by Gasteiger charge is 1.88. The van der Waals surface area contributed by atoms with Crippen LogP contribution < -0.4 is 5.43 Å². The van der Waals surface area contributed by atoms with E-state index in [1.165, 1.54) is 5.56 Å². The summed E-state index contributed by atoms with van der Waals surface area (Å²) in [6, 6.07) is 10.1. The highest BCUT2D eigenvalue weighted by Crippen LogP contribution is 2.00. The first-order valence-electron chi connectivity index (χ1n) is 4.94. The second-order valence-corrected chi connectivity index (χ2v) is 3.59. The summed E-state index contributed by atoms with van der Waals surface area (Å²) < 4.78 is 2.23. The standard InChI is InChI=1S/C11H12N4S/c16-11-14-12-9-15(11)13-8-4-7-10-5-2-1-3-6-10/h1-7,9,13H,8H2,(H,14,16). The Bertz CT molecular complexity index is 512. The van der Waals surface area contributed by atoms with E-state index in [9.17, 15) is 0 Å². The van der Waals surface area contributed by atoms with E-state index in [2.05, 4.69) is 33.8 Å². The minimum Gasteiger partial charge on any atom is -0.319 e. The number of benzene rings is 1. The normalized spacial score (nSPS) is 10.8. The minimum absolute atomic E-state index is 0.563. The number of hydrogen-bond donors (Lipinski definition) is 2. The molecule has 0 atom stereocenters. The number of H-pyrrole nitrogens is 1. The van der Waals surface area contributed by atoms with Crippen molar-refractivity contribution in [2.45, 2.75) is 0 Å². The molecule has 0 unspecified atom stereocenters. The molecular weight excluding hydrogens is 220 g/mol. The molecule has 16 heavy (non-hydrogen) atoms. The molecule has 0 spiro atoms. The zero-order valence-corrected chi connectivity index (χ0v) is 9.45. The molecule has 0 aliphatic rings. The maximum absolute atomic E-state index is 4.99. The van der Waals surface area contributed by atoms with Crippen LogP contribution in [-0.4, -0.2) is 21.4 Å². The molecule has 2 rings (SSSR count). The lowest BCUT2D eigenvalue weighted by molar-refractivity contribution is 0.871. The molecule has 0 fully saturated rings. The minimum atomic E-state index is 0.563. The average molecular weight is 232 g/mol. The Hall–Kier alpha value is -1.88. The second-order valence-electron chi connectivity index (χ2n) is 3.21. The molecule has 1 aromatic carbocycles. The van der Waals surface area contributed by atoms with Crippen molar-refractivity contribution in [2.75, 3.05) is 12.0 Å². The van der Waals surface area contributed by atoms with Gasteiger partial charge < -0.3 is 5.43 Å². The third-order valence-corrected chi connectivity index (χ3v) is 2.33. The Morgan fingerprint density at radius 1 is 1.38 bits per heavy atom. The van der Waals surface area contributed by atoms with E-state index in [-0.39, 0.29) is 0 Å². The quantitative estimate of drug-likeness (QED) is 0.794. The largest absolute Gasteiger partial charge is 0.319 e. The van der Waals surface area contributed by atoms with E-state index in [0.717, 1.165) is 0 Å². The molecule has 0 saturated heterocycles. The Morgan fingerprint density at radius 2 is 2.19 bits per heavy atom. The molecule has 0 amide bonds. The third kappa shape index (κ3) is 2.80. The van der Waals surface area contributed by atoms with E-state index < -0.39 is 0 Å². The van der Waals surface area contributed by atoms with Gasteiger partial charge in [-0.05, 0) is 17.8 Å². The van der Waals surface area contributed by atoms with Crippen molar-refractivity contribution >= 4 is 18.3 Å². The molecule has 82 valence electrons. The van der Waals surface area contributed by atoms with E-state index in [0.29, 0.717) is 11.3 Å². The van der Waals surface area contributed by atoms with Crippen molar-refractivity contribution in [3.63, 3.8) is 0 Å².